The van der Waals surface area contributed by atoms with Crippen molar-refractivity contribution in [3.05, 3.63) is 12.2 Å². The Morgan fingerprint density at radius 2 is 1.94 bits per heavy atom. The number of hydrogen-bond donors (Lipinski definition) is 1. The molecule has 0 atom stereocenters. The Labute approximate surface area is 100 Å². The topological polar surface area (TPSA) is 69.7 Å². The molecule has 6 heteroatoms. The van der Waals surface area contributed by atoms with Crippen molar-refractivity contribution in [3.63, 3.8) is 0 Å². The largest absolute Gasteiger partial charge is 0.338 e. The van der Waals surface area contributed by atoms with Gasteiger partial charge in [0.05, 0.1) is 0 Å². The molecule has 0 fully saturated rings. The standard InChI is InChI=1S/C11H17N3O3/c1-3-13(2)11(17)12-7-4-8-14-9(15)5-6-10(14)16/h5-6H,3-4,7-8H2,1-2H3,(H,12,17). The maximum Gasteiger partial charge on any atom is 0.317 e. The van der Waals surface area contributed by atoms with Crippen LogP contribution >= 0.6 is 0 Å². The quantitative estimate of drug-likeness (QED) is 0.540. The normalized spacial score (nSPS) is 14.4. The Balaban J connectivity index is 2.19. The van der Waals surface area contributed by atoms with Crippen LogP contribution in [-0.4, -0.2) is 54.3 Å². The monoisotopic (exact) mass is 239 g/mol. The summed E-state index contributed by atoms with van der Waals surface area (Å²) in [6.07, 6.45) is 3.07. The molecule has 1 rings (SSSR count). The second-order valence-corrected chi connectivity index (χ2v) is 3.76. The zero-order valence-electron chi connectivity index (χ0n) is 10.1. The van der Waals surface area contributed by atoms with Crippen molar-refractivity contribution in [2.75, 3.05) is 26.7 Å². The van der Waals surface area contributed by atoms with Crippen molar-refractivity contribution >= 4 is 17.8 Å². The Kier molecular flexibility index (Phi) is 4.68. The van der Waals surface area contributed by atoms with Gasteiger partial charge in [-0.05, 0) is 13.3 Å². The number of carbonyl (C=O) groups is 3. The van der Waals surface area contributed by atoms with E-state index in [-0.39, 0.29) is 17.8 Å². The average molecular weight is 239 g/mol. The smallest absolute Gasteiger partial charge is 0.317 e. The van der Waals surface area contributed by atoms with Gasteiger partial charge in [-0.1, -0.05) is 0 Å². The van der Waals surface area contributed by atoms with Crippen LogP contribution in [0.3, 0.4) is 0 Å². The Bertz CT molecular complexity index is 334. The number of urea groups is 1. The fourth-order valence-electron chi connectivity index (χ4n) is 1.36. The van der Waals surface area contributed by atoms with Gasteiger partial charge in [0.2, 0.25) is 0 Å². The molecule has 94 valence electrons. The molecular formula is C11H17N3O3. The van der Waals surface area contributed by atoms with Crippen molar-refractivity contribution in [1.29, 1.82) is 0 Å². The molecule has 0 saturated heterocycles. The molecule has 4 amide bonds. The highest BCUT2D eigenvalue weighted by Gasteiger charge is 2.22. The van der Waals surface area contributed by atoms with Crippen LogP contribution in [0.15, 0.2) is 12.2 Å². The van der Waals surface area contributed by atoms with Crippen LogP contribution in [0.1, 0.15) is 13.3 Å². The van der Waals surface area contributed by atoms with Crippen molar-refractivity contribution in [3.8, 4) is 0 Å². The molecular weight excluding hydrogens is 222 g/mol. The molecule has 0 spiro atoms. The van der Waals surface area contributed by atoms with Crippen LogP contribution in [0.2, 0.25) is 0 Å². The van der Waals surface area contributed by atoms with E-state index in [0.29, 0.717) is 26.1 Å². The molecule has 0 saturated carbocycles. The van der Waals surface area contributed by atoms with Crippen LogP contribution in [0, 0.1) is 0 Å². The molecule has 1 aliphatic heterocycles. The SMILES string of the molecule is CCN(C)C(=O)NCCCN1C(=O)C=CC1=O. The maximum atomic E-state index is 11.4. The first-order valence-corrected chi connectivity index (χ1v) is 5.58. The minimum absolute atomic E-state index is 0.148. The fraction of sp³-hybridized carbons (Fsp3) is 0.545. The number of nitrogens with one attached hydrogen (secondary N) is 1. The lowest BCUT2D eigenvalue weighted by atomic mass is 10.4. The predicted octanol–water partition coefficient (Wildman–Crippen LogP) is -0.0372. The Morgan fingerprint density at radius 3 is 2.47 bits per heavy atom. The third kappa shape index (κ3) is 3.58. The van der Waals surface area contributed by atoms with Gasteiger partial charge >= 0.3 is 6.03 Å². The van der Waals surface area contributed by atoms with Crippen molar-refractivity contribution < 1.29 is 14.4 Å². The first-order chi connectivity index (χ1) is 8.06. The van der Waals surface area contributed by atoms with E-state index in [2.05, 4.69) is 5.32 Å². The summed E-state index contributed by atoms with van der Waals surface area (Å²) in [6.45, 7) is 3.30. The predicted molar refractivity (Wildman–Crippen MR) is 62.2 cm³/mol. The minimum Gasteiger partial charge on any atom is -0.338 e. The van der Waals surface area contributed by atoms with E-state index in [4.69, 9.17) is 0 Å². The maximum absolute atomic E-state index is 11.4. The molecule has 1 N–H and O–H groups in total. The number of hydrogen-bond acceptors (Lipinski definition) is 3. The summed E-state index contributed by atoms with van der Waals surface area (Å²) in [4.78, 5) is 36.4. The van der Waals surface area contributed by atoms with E-state index in [9.17, 15) is 14.4 Å². The average Bonchev–Trinajstić information content (AvgIpc) is 2.64. The molecule has 0 aromatic rings. The summed E-state index contributed by atoms with van der Waals surface area (Å²) in [5.74, 6) is -0.570. The highest BCUT2D eigenvalue weighted by Crippen LogP contribution is 2.03. The number of nitrogens with zero attached hydrogens (tertiary/aromatic N) is 2. The summed E-state index contributed by atoms with van der Waals surface area (Å²) in [7, 11) is 1.70. The van der Waals surface area contributed by atoms with E-state index in [1.54, 1.807) is 11.9 Å². The van der Waals surface area contributed by atoms with Gasteiger partial charge in [-0.3, -0.25) is 14.5 Å². The van der Waals surface area contributed by atoms with E-state index in [1.165, 1.54) is 12.2 Å². The molecule has 0 aliphatic carbocycles. The molecule has 6 nitrogen and oxygen atoms in total. The fourth-order valence-corrected chi connectivity index (χ4v) is 1.36. The molecule has 1 aliphatic rings. The molecule has 17 heavy (non-hydrogen) atoms. The summed E-state index contributed by atoms with van der Waals surface area (Å²) >= 11 is 0. The molecule has 0 aromatic heterocycles. The van der Waals surface area contributed by atoms with Crippen molar-refractivity contribution in [2.45, 2.75) is 13.3 Å². The number of imide groups is 1. The third-order valence-corrected chi connectivity index (χ3v) is 2.56. The lowest BCUT2D eigenvalue weighted by molar-refractivity contribution is -0.136. The zero-order valence-corrected chi connectivity index (χ0v) is 10.1. The highest BCUT2D eigenvalue weighted by molar-refractivity contribution is 6.12. The molecule has 0 unspecified atom stereocenters. The van der Waals surface area contributed by atoms with Gasteiger partial charge in [-0.2, -0.15) is 0 Å². The van der Waals surface area contributed by atoms with Crippen LogP contribution in [0.4, 0.5) is 4.79 Å². The second kappa shape index (κ2) is 6.03. The molecule has 1 heterocycles. The van der Waals surface area contributed by atoms with Crippen molar-refractivity contribution in [2.24, 2.45) is 0 Å². The van der Waals surface area contributed by atoms with E-state index in [0.717, 1.165) is 4.90 Å². The summed E-state index contributed by atoms with van der Waals surface area (Å²) in [6, 6.07) is -0.148. The van der Waals surface area contributed by atoms with Gasteiger partial charge in [0.15, 0.2) is 0 Å². The van der Waals surface area contributed by atoms with Gasteiger partial charge in [0.25, 0.3) is 11.8 Å². The van der Waals surface area contributed by atoms with Gasteiger partial charge in [-0.25, -0.2) is 4.79 Å². The van der Waals surface area contributed by atoms with Gasteiger partial charge in [-0.15, -0.1) is 0 Å². The van der Waals surface area contributed by atoms with Crippen LogP contribution < -0.4 is 5.32 Å². The molecule has 0 aromatic carbocycles. The van der Waals surface area contributed by atoms with Crippen LogP contribution in [-0.2, 0) is 9.59 Å². The van der Waals surface area contributed by atoms with Crippen molar-refractivity contribution in [1.82, 2.24) is 15.1 Å². The van der Waals surface area contributed by atoms with E-state index >= 15 is 0 Å². The van der Waals surface area contributed by atoms with Gasteiger partial charge in [0.1, 0.15) is 0 Å². The van der Waals surface area contributed by atoms with Gasteiger partial charge in [0, 0.05) is 38.8 Å². The first-order valence-electron chi connectivity index (χ1n) is 5.58. The molecule has 0 bridgehead atoms. The van der Waals surface area contributed by atoms with E-state index in [1.807, 2.05) is 6.92 Å². The number of amides is 4. The van der Waals surface area contributed by atoms with E-state index < -0.39 is 0 Å². The number of carbonyl (C=O) groups excluding carboxylic acids is 3. The van der Waals surface area contributed by atoms with Gasteiger partial charge < -0.3 is 10.2 Å². The molecule has 0 radical (unpaired) electrons. The van der Waals surface area contributed by atoms with Crippen LogP contribution in [0.5, 0.6) is 0 Å². The number of rotatable bonds is 5. The van der Waals surface area contributed by atoms with Crippen LogP contribution in [0.25, 0.3) is 0 Å². The lowest BCUT2D eigenvalue weighted by Crippen LogP contribution is -2.39. The lowest BCUT2D eigenvalue weighted by Gasteiger charge is -2.17. The zero-order chi connectivity index (χ0) is 12.8. The second-order valence-electron chi connectivity index (χ2n) is 3.76. The summed E-state index contributed by atoms with van der Waals surface area (Å²) in [5.41, 5.74) is 0. The summed E-state index contributed by atoms with van der Waals surface area (Å²) < 4.78 is 0. The summed E-state index contributed by atoms with van der Waals surface area (Å²) in [5, 5.41) is 2.70. The minimum atomic E-state index is -0.285. The first kappa shape index (κ1) is 13.2. The highest BCUT2D eigenvalue weighted by atomic mass is 16.2. The Morgan fingerprint density at radius 1 is 1.35 bits per heavy atom. The Hall–Kier alpha value is -1.85. The third-order valence-electron chi connectivity index (χ3n) is 2.56.